The quantitative estimate of drug-likeness (QED) is 0.333. The van der Waals surface area contributed by atoms with Crippen LogP contribution in [0.1, 0.15) is 18.5 Å². The molecule has 0 aromatic carbocycles. The first-order valence-electron chi connectivity index (χ1n) is 5.79. The molecular weight excluding hydrogens is 260 g/mol. The highest BCUT2D eigenvalue weighted by molar-refractivity contribution is 7.98. The topological polar surface area (TPSA) is 88.8 Å². The third-order valence-corrected chi connectivity index (χ3v) is 3.13. The van der Waals surface area contributed by atoms with Crippen molar-refractivity contribution >= 4 is 23.4 Å². The van der Waals surface area contributed by atoms with Gasteiger partial charge >= 0.3 is 0 Å². The van der Waals surface area contributed by atoms with E-state index in [2.05, 4.69) is 25.7 Å². The van der Waals surface area contributed by atoms with Crippen LogP contribution in [0, 0.1) is 0 Å². The fourth-order valence-electron chi connectivity index (χ4n) is 1.60. The molecule has 1 unspecified atom stereocenters. The number of nitrogens with two attached hydrogens (primary N) is 1. The summed E-state index contributed by atoms with van der Waals surface area (Å²) in [6.07, 6.45) is 5.50. The van der Waals surface area contributed by atoms with Gasteiger partial charge in [0.1, 0.15) is 11.6 Å². The van der Waals surface area contributed by atoms with Gasteiger partial charge in [-0.3, -0.25) is 4.98 Å². The molecule has 0 aliphatic rings. The van der Waals surface area contributed by atoms with Crippen molar-refractivity contribution in [2.45, 2.75) is 18.1 Å². The largest absolute Gasteiger partial charge is 0.363 e. The maximum atomic E-state index is 5.40. The number of nitrogens with one attached hydrogen (secondary N) is 2. The molecule has 6 nitrogen and oxygen atoms in total. The maximum absolute atomic E-state index is 5.40. The molecule has 2 rings (SSSR count). The van der Waals surface area contributed by atoms with E-state index in [1.165, 1.54) is 11.8 Å². The summed E-state index contributed by atoms with van der Waals surface area (Å²) in [5, 5.41) is 3.97. The van der Waals surface area contributed by atoms with Crippen molar-refractivity contribution in [1.82, 2.24) is 15.0 Å². The zero-order chi connectivity index (χ0) is 13.7. The van der Waals surface area contributed by atoms with E-state index < -0.39 is 0 Å². The molecular formula is C12H16N6S. The van der Waals surface area contributed by atoms with Crippen molar-refractivity contribution in [3.05, 3.63) is 36.2 Å². The van der Waals surface area contributed by atoms with Gasteiger partial charge < -0.3 is 10.7 Å². The van der Waals surface area contributed by atoms with Crippen LogP contribution in [0.15, 0.2) is 35.7 Å². The number of rotatable bonds is 5. The van der Waals surface area contributed by atoms with Crippen LogP contribution in [-0.4, -0.2) is 21.2 Å². The lowest BCUT2D eigenvalue weighted by Gasteiger charge is -2.15. The normalized spacial score (nSPS) is 11.9. The molecule has 2 aromatic heterocycles. The third kappa shape index (κ3) is 3.55. The van der Waals surface area contributed by atoms with E-state index >= 15 is 0 Å². The molecule has 19 heavy (non-hydrogen) atoms. The summed E-state index contributed by atoms with van der Waals surface area (Å²) in [7, 11) is 0. The molecule has 0 radical (unpaired) electrons. The van der Waals surface area contributed by atoms with E-state index in [0.717, 1.165) is 11.4 Å². The van der Waals surface area contributed by atoms with Crippen LogP contribution in [0.5, 0.6) is 0 Å². The zero-order valence-corrected chi connectivity index (χ0v) is 11.6. The van der Waals surface area contributed by atoms with Gasteiger partial charge in [-0.05, 0) is 24.8 Å². The number of pyridine rings is 1. The number of nitrogens with zero attached hydrogens (tertiary/aromatic N) is 3. The van der Waals surface area contributed by atoms with Gasteiger partial charge in [-0.2, -0.15) is 0 Å². The highest BCUT2D eigenvalue weighted by atomic mass is 32.2. The molecule has 0 fully saturated rings. The number of nitrogen functional groups attached to an aromatic ring is 1. The standard InChI is InChI=1S/C12H16N6S/c1-8(9-4-3-5-14-7-9)15-10-6-11(18-13)17-12(16-10)19-2/h3-8H,13H2,1-2H3,(H2,15,16,17,18). The Hall–Kier alpha value is -1.86. The van der Waals surface area contributed by atoms with Crippen molar-refractivity contribution in [3.63, 3.8) is 0 Å². The minimum Gasteiger partial charge on any atom is -0.363 e. The summed E-state index contributed by atoms with van der Waals surface area (Å²) < 4.78 is 0. The fraction of sp³-hybridized carbons (Fsp3) is 0.250. The number of aromatic nitrogens is 3. The maximum Gasteiger partial charge on any atom is 0.191 e. The van der Waals surface area contributed by atoms with E-state index in [1.807, 2.05) is 31.5 Å². The van der Waals surface area contributed by atoms with Crippen LogP contribution in [0.3, 0.4) is 0 Å². The fourth-order valence-corrected chi connectivity index (χ4v) is 1.98. The number of hydrazine groups is 1. The lowest BCUT2D eigenvalue weighted by atomic mass is 10.1. The molecule has 0 amide bonds. The predicted octanol–water partition coefficient (Wildman–Crippen LogP) is 2.05. The van der Waals surface area contributed by atoms with Crippen molar-refractivity contribution in [1.29, 1.82) is 0 Å². The average molecular weight is 276 g/mol. The van der Waals surface area contributed by atoms with E-state index in [0.29, 0.717) is 11.0 Å². The number of thioether (sulfide) groups is 1. The molecule has 7 heteroatoms. The molecule has 1 atom stereocenters. The Bertz CT molecular complexity index is 511. The van der Waals surface area contributed by atoms with Crippen LogP contribution in [0.25, 0.3) is 0 Å². The second-order valence-electron chi connectivity index (χ2n) is 3.92. The van der Waals surface area contributed by atoms with Crippen molar-refractivity contribution in [2.75, 3.05) is 17.0 Å². The molecule has 4 N–H and O–H groups in total. The molecule has 0 aliphatic heterocycles. The molecule has 2 aromatic rings. The molecule has 0 aliphatic carbocycles. The van der Waals surface area contributed by atoms with E-state index in [-0.39, 0.29) is 6.04 Å². The Kier molecular flexibility index (Phi) is 4.53. The Morgan fingerprint density at radius 2 is 2.11 bits per heavy atom. The summed E-state index contributed by atoms with van der Waals surface area (Å²) in [6, 6.07) is 5.80. The Morgan fingerprint density at radius 1 is 1.32 bits per heavy atom. The average Bonchev–Trinajstić information content (AvgIpc) is 2.47. The second-order valence-corrected chi connectivity index (χ2v) is 4.70. The minimum atomic E-state index is 0.101. The first kappa shape index (κ1) is 13.6. The summed E-state index contributed by atoms with van der Waals surface area (Å²) in [4.78, 5) is 12.7. The highest BCUT2D eigenvalue weighted by Crippen LogP contribution is 2.21. The number of hydrogen-bond acceptors (Lipinski definition) is 7. The monoisotopic (exact) mass is 276 g/mol. The van der Waals surface area contributed by atoms with Gasteiger partial charge in [0.15, 0.2) is 5.16 Å². The van der Waals surface area contributed by atoms with Gasteiger partial charge in [0.2, 0.25) is 0 Å². The summed E-state index contributed by atoms with van der Waals surface area (Å²) in [6.45, 7) is 2.05. The minimum absolute atomic E-state index is 0.101. The van der Waals surface area contributed by atoms with E-state index in [4.69, 9.17) is 5.84 Å². The lowest BCUT2D eigenvalue weighted by molar-refractivity contribution is 0.849. The van der Waals surface area contributed by atoms with Gasteiger partial charge in [-0.25, -0.2) is 15.8 Å². The van der Waals surface area contributed by atoms with E-state index in [9.17, 15) is 0 Å². The number of anilines is 2. The van der Waals surface area contributed by atoms with Gasteiger partial charge in [-0.1, -0.05) is 17.8 Å². The second kappa shape index (κ2) is 6.35. The predicted molar refractivity (Wildman–Crippen MR) is 77.9 cm³/mol. The summed E-state index contributed by atoms with van der Waals surface area (Å²) in [5.74, 6) is 6.71. The molecule has 0 bridgehead atoms. The van der Waals surface area contributed by atoms with Crippen molar-refractivity contribution < 1.29 is 0 Å². The van der Waals surface area contributed by atoms with Crippen LogP contribution < -0.4 is 16.6 Å². The highest BCUT2D eigenvalue weighted by Gasteiger charge is 2.08. The molecule has 0 saturated heterocycles. The van der Waals surface area contributed by atoms with E-state index in [1.54, 1.807) is 12.3 Å². The summed E-state index contributed by atoms with van der Waals surface area (Å²) in [5.41, 5.74) is 3.63. The van der Waals surface area contributed by atoms with Crippen LogP contribution >= 0.6 is 11.8 Å². The third-order valence-electron chi connectivity index (χ3n) is 2.58. The van der Waals surface area contributed by atoms with Crippen LogP contribution in [-0.2, 0) is 0 Å². The Balaban J connectivity index is 2.18. The zero-order valence-electron chi connectivity index (χ0n) is 10.8. The number of hydrogen-bond donors (Lipinski definition) is 3. The first-order chi connectivity index (χ1) is 9.22. The molecule has 2 heterocycles. The Morgan fingerprint density at radius 3 is 2.74 bits per heavy atom. The Labute approximate surface area is 116 Å². The van der Waals surface area contributed by atoms with Crippen LogP contribution in [0.4, 0.5) is 11.6 Å². The van der Waals surface area contributed by atoms with Gasteiger partial charge in [0, 0.05) is 18.5 Å². The van der Waals surface area contributed by atoms with Crippen molar-refractivity contribution in [2.24, 2.45) is 5.84 Å². The van der Waals surface area contributed by atoms with Gasteiger partial charge in [0.25, 0.3) is 0 Å². The summed E-state index contributed by atoms with van der Waals surface area (Å²) >= 11 is 1.47. The van der Waals surface area contributed by atoms with Crippen molar-refractivity contribution in [3.8, 4) is 0 Å². The first-order valence-corrected chi connectivity index (χ1v) is 7.01. The molecule has 0 spiro atoms. The SMILES string of the molecule is CSc1nc(NN)cc(NC(C)c2cccnc2)n1. The van der Waals surface area contributed by atoms with Crippen LogP contribution in [0.2, 0.25) is 0 Å². The molecule has 100 valence electrons. The van der Waals surface area contributed by atoms with Gasteiger partial charge in [0.05, 0.1) is 6.04 Å². The smallest absolute Gasteiger partial charge is 0.191 e. The lowest BCUT2D eigenvalue weighted by Crippen LogP contribution is -2.12. The van der Waals surface area contributed by atoms with Gasteiger partial charge in [-0.15, -0.1) is 0 Å². The molecule has 0 saturated carbocycles.